The highest BCUT2D eigenvalue weighted by Gasteiger charge is 2.20. The number of benzene rings is 1. The fourth-order valence-corrected chi connectivity index (χ4v) is 2.54. The van der Waals surface area contributed by atoms with Crippen molar-refractivity contribution in [3.8, 4) is 0 Å². The van der Waals surface area contributed by atoms with Gasteiger partial charge in [-0.25, -0.2) is 0 Å². The van der Waals surface area contributed by atoms with Crippen LogP contribution in [0.5, 0.6) is 0 Å². The highest BCUT2D eigenvalue weighted by atomic mass is 16.3. The monoisotopic (exact) mass is 272 g/mol. The molecule has 0 atom stereocenters. The van der Waals surface area contributed by atoms with Crippen LogP contribution in [0.25, 0.3) is 11.0 Å². The molecule has 1 aromatic heterocycles. The molecule has 0 radical (unpaired) electrons. The third-order valence-electron chi connectivity index (χ3n) is 3.62. The largest absolute Gasteiger partial charge is 0.459 e. The van der Waals surface area contributed by atoms with Gasteiger partial charge in [0.05, 0.1) is 11.9 Å². The van der Waals surface area contributed by atoms with Crippen molar-refractivity contribution in [3.05, 3.63) is 45.8 Å². The summed E-state index contributed by atoms with van der Waals surface area (Å²) in [7, 11) is 0. The predicted molar refractivity (Wildman–Crippen MR) is 75.5 cm³/mol. The standard InChI is InChI=1S/C15H16N2O3/c16-9-11-8-13(18)12-7-10(3-4-14(12)20-11)15(19)17-5-1-2-6-17/h3-4,7-8H,1-2,5-6,9,16H2. The molecule has 2 heterocycles. The van der Waals surface area contributed by atoms with Gasteiger partial charge in [0, 0.05) is 24.7 Å². The molecule has 0 spiro atoms. The van der Waals surface area contributed by atoms with Gasteiger partial charge in [-0.2, -0.15) is 0 Å². The van der Waals surface area contributed by atoms with Crippen LogP contribution in [0.3, 0.4) is 0 Å². The van der Waals surface area contributed by atoms with Gasteiger partial charge in [-0.05, 0) is 31.0 Å². The number of fused-ring (bicyclic) bond motifs is 1. The van der Waals surface area contributed by atoms with Crippen molar-refractivity contribution in [3.63, 3.8) is 0 Å². The van der Waals surface area contributed by atoms with Crippen molar-refractivity contribution >= 4 is 16.9 Å². The van der Waals surface area contributed by atoms with Crippen LogP contribution in [-0.4, -0.2) is 23.9 Å². The van der Waals surface area contributed by atoms with Crippen LogP contribution in [0.4, 0.5) is 0 Å². The second kappa shape index (κ2) is 5.09. The van der Waals surface area contributed by atoms with Crippen molar-refractivity contribution in [1.82, 2.24) is 4.90 Å². The van der Waals surface area contributed by atoms with E-state index in [0.717, 1.165) is 25.9 Å². The van der Waals surface area contributed by atoms with Gasteiger partial charge in [0.1, 0.15) is 11.3 Å². The number of rotatable bonds is 2. The molecule has 0 bridgehead atoms. The van der Waals surface area contributed by atoms with Crippen LogP contribution in [0, 0.1) is 0 Å². The number of hydrogen-bond acceptors (Lipinski definition) is 4. The molecule has 5 nitrogen and oxygen atoms in total. The van der Waals surface area contributed by atoms with Crippen molar-refractivity contribution < 1.29 is 9.21 Å². The molecule has 2 N–H and O–H groups in total. The topological polar surface area (TPSA) is 76.5 Å². The van der Waals surface area contributed by atoms with Crippen LogP contribution >= 0.6 is 0 Å². The van der Waals surface area contributed by atoms with Crippen LogP contribution in [0.1, 0.15) is 29.0 Å². The molecule has 1 fully saturated rings. The zero-order valence-electron chi connectivity index (χ0n) is 11.1. The summed E-state index contributed by atoms with van der Waals surface area (Å²) in [4.78, 5) is 26.1. The lowest BCUT2D eigenvalue weighted by molar-refractivity contribution is 0.0793. The zero-order chi connectivity index (χ0) is 14.1. The van der Waals surface area contributed by atoms with E-state index < -0.39 is 0 Å². The first kappa shape index (κ1) is 12.9. The maximum Gasteiger partial charge on any atom is 0.253 e. The molecular formula is C15H16N2O3. The minimum atomic E-state index is -0.164. The average Bonchev–Trinajstić information content (AvgIpc) is 3.00. The Labute approximate surface area is 116 Å². The van der Waals surface area contributed by atoms with Gasteiger partial charge in [-0.15, -0.1) is 0 Å². The first-order chi connectivity index (χ1) is 9.69. The average molecular weight is 272 g/mol. The molecule has 1 saturated heterocycles. The Balaban J connectivity index is 2.04. The molecular weight excluding hydrogens is 256 g/mol. The van der Waals surface area contributed by atoms with E-state index in [2.05, 4.69) is 0 Å². The van der Waals surface area contributed by atoms with Gasteiger partial charge in [0.25, 0.3) is 5.91 Å². The summed E-state index contributed by atoms with van der Waals surface area (Å²) >= 11 is 0. The smallest absolute Gasteiger partial charge is 0.253 e. The summed E-state index contributed by atoms with van der Waals surface area (Å²) in [6.07, 6.45) is 2.09. The SMILES string of the molecule is NCc1cc(=O)c2cc(C(=O)N3CCCC3)ccc2o1. The number of carbonyl (C=O) groups excluding carboxylic acids is 1. The fraction of sp³-hybridized carbons (Fsp3) is 0.333. The molecule has 1 amide bonds. The summed E-state index contributed by atoms with van der Waals surface area (Å²) in [5.41, 5.74) is 6.32. The number of nitrogens with two attached hydrogens (primary N) is 1. The van der Waals surface area contributed by atoms with Crippen molar-refractivity contribution in [1.29, 1.82) is 0 Å². The Morgan fingerprint density at radius 2 is 2.00 bits per heavy atom. The molecule has 1 aliphatic rings. The van der Waals surface area contributed by atoms with Crippen LogP contribution in [0.2, 0.25) is 0 Å². The van der Waals surface area contributed by atoms with Crippen LogP contribution in [0.15, 0.2) is 33.5 Å². The lowest BCUT2D eigenvalue weighted by atomic mass is 10.1. The van der Waals surface area contributed by atoms with E-state index >= 15 is 0 Å². The van der Waals surface area contributed by atoms with Gasteiger partial charge in [0.2, 0.25) is 0 Å². The second-order valence-corrected chi connectivity index (χ2v) is 4.99. The number of likely N-dealkylation sites (tertiary alicyclic amines) is 1. The number of hydrogen-bond donors (Lipinski definition) is 1. The highest BCUT2D eigenvalue weighted by molar-refractivity contribution is 5.97. The first-order valence-corrected chi connectivity index (χ1v) is 6.75. The maximum atomic E-state index is 12.3. The molecule has 0 unspecified atom stereocenters. The summed E-state index contributed by atoms with van der Waals surface area (Å²) in [6.45, 7) is 1.76. The van der Waals surface area contributed by atoms with E-state index in [9.17, 15) is 9.59 Å². The molecule has 5 heteroatoms. The fourth-order valence-electron chi connectivity index (χ4n) is 2.54. The summed E-state index contributed by atoms with van der Waals surface area (Å²) in [6, 6.07) is 6.36. The van der Waals surface area contributed by atoms with Crippen LogP contribution < -0.4 is 11.2 Å². The zero-order valence-corrected chi connectivity index (χ0v) is 11.1. The van der Waals surface area contributed by atoms with Crippen molar-refractivity contribution in [2.24, 2.45) is 5.73 Å². The molecule has 0 aliphatic carbocycles. The lowest BCUT2D eigenvalue weighted by Crippen LogP contribution is -2.27. The lowest BCUT2D eigenvalue weighted by Gasteiger charge is -2.15. The normalized spacial score (nSPS) is 14.9. The Kier molecular flexibility index (Phi) is 3.28. The second-order valence-electron chi connectivity index (χ2n) is 4.99. The highest BCUT2D eigenvalue weighted by Crippen LogP contribution is 2.18. The molecule has 0 saturated carbocycles. The van der Waals surface area contributed by atoms with Gasteiger partial charge >= 0.3 is 0 Å². The van der Waals surface area contributed by atoms with Gasteiger partial charge in [-0.3, -0.25) is 9.59 Å². The predicted octanol–water partition coefficient (Wildman–Crippen LogP) is 1.49. The summed E-state index contributed by atoms with van der Waals surface area (Å²) in [5, 5.41) is 0.423. The number of nitrogens with zero attached hydrogens (tertiary/aromatic N) is 1. The third kappa shape index (κ3) is 2.20. The van der Waals surface area contributed by atoms with Crippen molar-refractivity contribution in [2.45, 2.75) is 19.4 Å². The Bertz CT molecular complexity index is 715. The van der Waals surface area contributed by atoms with Crippen LogP contribution in [-0.2, 0) is 6.54 Å². The molecule has 3 rings (SSSR count). The Morgan fingerprint density at radius 1 is 1.25 bits per heavy atom. The summed E-state index contributed by atoms with van der Waals surface area (Å²) < 4.78 is 5.50. The minimum Gasteiger partial charge on any atom is -0.459 e. The molecule has 1 aromatic carbocycles. The first-order valence-electron chi connectivity index (χ1n) is 6.75. The van der Waals surface area contributed by atoms with E-state index in [4.69, 9.17) is 10.2 Å². The van der Waals surface area contributed by atoms with E-state index in [1.807, 2.05) is 4.90 Å². The van der Waals surface area contributed by atoms with E-state index in [0.29, 0.717) is 22.3 Å². The van der Waals surface area contributed by atoms with Crippen molar-refractivity contribution in [2.75, 3.05) is 13.1 Å². The molecule has 20 heavy (non-hydrogen) atoms. The number of amides is 1. The third-order valence-corrected chi connectivity index (χ3v) is 3.62. The molecule has 1 aliphatic heterocycles. The van der Waals surface area contributed by atoms with E-state index in [1.165, 1.54) is 6.07 Å². The maximum absolute atomic E-state index is 12.3. The van der Waals surface area contributed by atoms with E-state index in [-0.39, 0.29) is 17.9 Å². The van der Waals surface area contributed by atoms with E-state index in [1.54, 1.807) is 18.2 Å². The minimum absolute atomic E-state index is 0.0216. The quantitative estimate of drug-likeness (QED) is 0.898. The molecule has 2 aromatic rings. The Morgan fingerprint density at radius 3 is 2.70 bits per heavy atom. The number of carbonyl (C=O) groups is 1. The van der Waals surface area contributed by atoms with Gasteiger partial charge in [0.15, 0.2) is 5.43 Å². The Hall–Kier alpha value is -2.14. The van der Waals surface area contributed by atoms with Gasteiger partial charge in [-0.1, -0.05) is 0 Å². The summed E-state index contributed by atoms with van der Waals surface area (Å²) in [5.74, 6) is 0.424. The van der Waals surface area contributed by atoms with Gasteiger partial charge < -0.3 is 15.1 Å². The molecule has 104 valence electrons.